The summed E-state index contributed by atoms with van der Waals surface area (Å²) in [7, 11) is 0. The summed E-state index contributed by atoms with van der Waals surface area (Å²) < 4.78 is 5.85. The largest absolute Gasteiger partial charge is 0.377 e. The highest BCUT2D eigenvalue weighted by molar-refractivity contribution is 5.26. The first-order valence-electron chi connectivity index (χ1n) is 8.62. The SMILES string of the molecule is CCCCCCCOCc1ccccc1CCNC(C)C. The van der Waals surface area contributed by atoms with E-state index in [1.54, 1.807) is 0 Å². The fourth-order valence-electron chi connectivity index (χ4n) is 2.43. The third kappa shape index (κ3) is 8.90. The molecular formula is C19H33NO. The van der Waals surface area contributed by atoms with Gasteiger partial charge in [-0.1, -0.05) is 70.7 Å². The summed E-state index contributed by atoms with van der Waals surface area (Å²) >= 11 is 0. The van der Waals surface area contributed by atoms with Crippen LogP contribution in [0.1, 0.15) is 64.0 Å². The average molecular weight is 291 g/mol. The van der Waals surface area contributed by atoms with E-state index in [1.165, 1.54) is 43.2 Å². The van der Waals surface area contributed by atoms with Crippen LogP contribution in [0.3, 0.4) is 0 Å². The molecule has 0 amide bonds. The van der Waals surface area contributed by atoms with E-state index in [0.717, 1.165) is 26.2 Å². The van der Waals surface area contributed by atoms with Crippen molar-refractivity contribution in [1.82, 2.24) is 5.32 Å². The molecule has 0 aliphatic heterocycles. The molecule has 0 aliphatic rings. The monoisotopic (exact) mass is 291 g/mol. The van der Waals surface area contributed by atoms with Crippen LogP contribution in [0.25, 0.3) is 0 Å². The minimum absolute atomic E-state index is 0.552. The van der Waals surface area contributed by atoms with E-state index in [0.29, 0.717) is 6.04 Å². The lowest BCUT2D eigenvalue weighted by Gasteiger charge is -2.12. The highest BCUT2D eigenvalue weighted by Crippen LogP contribution is 2.11. The molecule has 0 saturated heterocycles. The Morgan fingerprint density at radius 2 is 1.71 bits per heavy atom. The van der Waals surface area contributed by atoms with Crippen LogP contribution < -0.4 is 5.32 Å². The predicted molar refractivity (Wildman–Crippen MR) is 91.7 cm³/mol. The molecule has 0 radical (unpaired) electrons. The van der Waals surface area contributed by atoms with Crippen molar-refractivity contribution >= 4 is 0 Å². The molecule has 0 saturated carbocycles. The van der Waals surface area contributed by atoms with E-state index in [1.807, 2.05) is 0 Å². The zero-order valence-corrected chi connectivity index (χ0v) is 14.2. The molecule has 1 N–H and O–H groups in total. The molecule has 0 aliphatic carbocycles. The maximum Gasteiger partial charge on any atom is 0.0719 e. The van der Waals surface area contributed by atoms with Crippen LogP contribution >= 0.6 is 0 Å². The lowest BCUT2D eigenvalue weighted by Crippen LogP contribution is -2.25. The molecule has 21 heavy (non-hydrogen) atoms. The molecule has 0 bridgehead atoms. The third-order valence-corrected chi connectivity index (χ3v) is 3.72. The zero-order chi connectivity index (χ0) is 15.3. The van der Waals surface area contributed by atoms with E-state index in [2.05, 4.69) is 50.4 Å². The number of hydrogen-bond acceptors (Lipinski definition) is 2. The molecule has 2 heteroatoms. The fourth-order valence-corrected chi connectivity index (χ4v) is 2.43. The van der Waals surface area contributed by atoms with Crippen molar-refractivity contribution in [3.8, 4) is 0 Å². The van der Waals surface area contributed by atoms with Crippen LogP contribution in [0.4, 0.5) is 0 Å². The second-order valence-electron chi connectivity index (χ2n) is 6.09. The van der Waals surface area contributed by atoms with Gasteiger partial charge in [0.15, 0.2) is 0 Å². The van der Waals surface area contributed by atoms with Gasteiger partial charge in [-0.2, -0.15) is 0 Å². The smallest absolute Gasteiger partial charge is 0.0719 e. The number of hydrogen-bond donors (Lipinski definition) is 1. The molecule has 0 atom stereocenters. The second kappa shape index (κ2) is 11.8. The normalized spacial score (nSPS) is 11.2. The molecule has 0 spiro atoms. The van der Waals surface area contributed by atoms with Crippen LogP contribution in [0, 0.1) is 0 Å². The van der Waals surface area contributed by atoms with Gasteiger partial charge in [0, 0.05) is 12.6 Å². The summed E-state index contributed by atoms with van der Waals surface area (Å²) in [5.41, 5.74) is 2.76. The maximum absolute atomic E-state index is 5.85. The molecule has 0 fully saturated rings. The van der Waals surface area contributed by atoms with Gasteiger partial charge >= 0.3 is 0 Å². The van der Waals surface area contributed by atoms with Crippen molar-refractivity contribution in [2.24, 2.45) is 0 Å². The first kappa shape index (κ1) is 18.2. The van der Waals surface area contributed by atoms with Crippen molar-refractivity contribution in [2.75, 3.05) is 13.2 Å². The average Bonchev–Trinajstić information content (AvgIpc) is 2.47. The predicted octanol–water partition coefficient (Wildman–Crippen LogP) is 4.71. The Labute approximate surface area is 131 Å². The Morgan fingerprint density at radius 3 is 2.43 bits per heavy atom. The summed E-state index contributed by atoms with van der Waals surface area (Å²) in [4.78, 5) is 0. The maximum atomic E-state index is 5.85. The van der Waals surface area contributed by atoms with Gasteiger partial charge in [0.1, 0.15) is 0 Å². The standard InChI is InChI=1S/C19H33NO/c1-4-5-6-7-10-15-21-16-19-12-9-8-11-18(19)13-14-20-17(2)3/h8-9,11-12,17,20H,4-7,10,13-16H2,1-3H3. The van der Waals surface area contributed by atoms with Gasteiger partial charge in [-0.25, -0.2) is 0 Å². The summed E-state index contributed by atoms with van der Waals surface area (Å²) in [6, 6.07) is 9.21. The van der Waals surface area contributed by atoms with Crippen molar-refractivity contribution in [3.05, 3.63) is 35.4 Å². The zero-order valence-electron chi connectivity index (χ0n) is 14.2. The summed E-state index contributed by atoms with van der Waals surface area (Å²) in [6.45, 7) is 9.31. The molecule has 120 valence electrons. The first-order chi connectivity index (χ1) is 10.2. The van der Waals surface area contributed by atoms with E-state index in [-0.39, 0.29) is 0 Å². The van der Waals surface area contributed by atoms with Crippen molar-refractivity contribution < 1.29 is 4.74 Å². The fraction of sp³-hybridized carbons (Fsp3) is 0.684. The number of nitrogens with one attached hydrogen (secondary N) is 1. The second-order valence-corrected chi connectivity index (χ2v) is 6.09. The molecule has 2 nitrogen and oxygen atoms in total. The van der Waals surface area contributed by atoms with Gasteiger partial charge in [0.25, 0.3) is 0 Å². The Bertz CT molecular complexity index is 362. The minimum Gasteiger partial charge on any atom is -0.377 e. The van der Waals surface area contributed by atoms with Crippen LogP contribution in [-0.4, -0.2) is 19.2 Å². The Kier molecular flexibility index (Phi) is 10.2. The molecule has 0 unspecified atom stereocenters. The summed E-state index contributed by atoms with van der Waals surface area (Å²) in [6.07, 6.45) is 7.57. The van der Waals surface area contributed by atoms with Crippen LogP contribution in [-0.2, 0) is 17.8 Å². The first-order valence-corrected chi connectivity index (χ1v) is 8.62. The molecule has 1 aromatic rings. The van der Waals surface area contributed by atoms with Gasteiger partial charge in [-0.05, 0) is 30.5 Å². The molecule has 0 aromatic heterocycles. The minimum atomic E-state index is 0.552. The molecule has 0 heterocycles. The highest BCUT2D eigenvalue weighted by Gasteiger charge is 2.02. The van der Waals surface area contributed by atoms with Crippen LogP contribution in [0.2, 0.25) is 0 Å². The van der Waals surface area contributed by atoms with Gasteiger partial charge < -0.3 is 10.1 Å². The summed E-state index contributed by atoms with van der Waals surface area (Å²) in [5, 5.41) is 3.48. The van der Waals surface area contributed by atoms with Gasteiger partial charge in [0.2, 0.25) is 0 Å². The number of ether oxygens (including phenoxy) is 1. The van der Waals surface area contributed by atoms with E-state index in [9.17, 15) is 0 Å². The third-order valence-electron chi connectivity index (χ3n) is 3.72. The lowest BCUT2D eigenvalue weighted by molar-refractivity contribution is 0.116. The van der Waals surface area contributed by atoms with Gasteiger partial charge in [0.05, 0.1) is 6.61 Å². The highest BCUT2D eigenvalue weighted by atomic mass is 16.5. The lowest BCUT2D eigenvalue weighted by atomic mass is 10.1. The number of benzene rings is 1. The van der Waals surface area contributed by atoms with Gasteiger partial charge in [-0.3, -0.25) is 0 Å². The Morgan fingerprint density at radius 1 is 1.00 bits per heavy atom. The Balaban J connectivity index is 2.24. The quantitative estimate of drug-likeness (QED) is 0.563. The van der Waals surface area contributed by atoms with Crippen molar-refractivity contribution in [1.29, 1.82) is 0 Å². The molecule has 1 rings (SSSR count). The van der Waals surface area contributed by atoms with Crippen LogP contribution in [0.5, 0.6) is 0 Å². The number of unbranched alkanes of at least 4 members (excludes halogenated alkanes) is 4. The number of rotatable bonds is 12. The molecular weight excluding hydrogens is 258 g/mol. The van der Waals surface area contributed by atoms with Crippen molar-refractivity contribution in [3.63, 3.8) is 0 Å². The van der Waals surface area contributed by atoms with E-state index < -0.39 is 0 Å². The molecule has 1 aromatic carbocycles. The van der Waals surface area contributed by atoms with Crippen LogP contribution in [0.15, 0.2) is 24.3 Å². The Hall–Kier alpha value is -0.860. The van der Waals surface area contributed by atoms with Gasteiger partial charge in [-0.15, -0.1) is 0 Å². The van der Waals surface area contributed by atoms with E-state index in [4.69, 9.17) is 4.74 Å². The van der Waals surface area contributed by atoms with Crippen molar-refractivity contribution in [2.45, 2.75) is 71.9 Å². The van der Waals surface area contributed by atoms with E-state index >= 15 is 0 Å². The topological polar surface area (TPSA) is 21.3 Å². The summed E-state index contributed by atoms with van der Waals surface area (Å²) in [5.74, 6) is 0.